The molecule has 0 saturated heterocycles. The lowest BCUT2D eigenvalue weighted by Gasteiger charge is -2.27. The smallest absolute Gasteiger partial charge is 0.0960 e. The minimum Gasteiger partial charge on any atom is -0.478 e. The molecule has 0 amide bonds. The lowest BCUT2D eigenvalue weighted by Crippen LogP contribution is -2.06. The first-order valence-electron chi connectivity index (χ1n) is 6.18. The molecule has 15 heavy (non-hydrogen) atoms. The third-order valence-electron chi connectivity index (χ3n) is 2.17. The topological polar surface area (TPSA) is 9.23 Å². The number of allylic oxidation sites excluding steroid dienone is 2. The molecule has 0 heterocycles. The SMILES string of the molecule is CC/C=C(/CCC)OP(C(C)C)C(C)C. The van der Waals surface area contributed by atoms with Crippen molar-refractivity contribution in [1.29, 1.82) is 0 Å². The van der Waals surface area contributed by atoms with E-state index in [2.05, 4.69) is 47.6 Å². The fraction of sp³-hybridized carbons (Fsp3) is 0.846. The Morgan fingerprint density at radius 1 is 1.13 bits per heavy atom. The molecule has 0 bridgehead atoms. The Labute approximate surface area is 97.1 Å². The van der Waals surface area contributed by atoms with Gasteiger partial charge in [-0.15, -0.1) is 0 Å². The van der Waals surface area contributed by atoms with Gasteiger partial charge in [0.25, 0.3) is 0 Å². The molecule has 0 N–H and O–H groups in total. The molecule has 1 nitrogen and oxygen atoms in total. The molecule has 0 aromatic rings. The number of hydrogen-bond acceptors (Lipinski definition) is 1. The Hall–Kier alpha value is -0.0300. The van der Waals surface area contributed by atoms with Gasteiger partial charge < -0.3 is 4.52 Å². The van der Waals surface area contributed by atoms with E-state index in [9.17, 15) is 0 Å². The minimum absolute atomic E-state index is 0.309. The summed E-state index contributed by atoms with van der Waals surface area (Å²) in [6.07, 6.45) is 5.58. The standard InChI is InChI=1S/C13H27OP/c1-7-9-13(10-8-2)14-15(11(3)4)12(5)6/h9,11-12H,7-8,10H2,1-6H3/b13-9-. The highest BCUT2D eigenvalue weighted by molar-refractivity contribution is 7.54. The van der Waals surface area contributed by atoms with Crippen LogP contribution in [0.25, 0.3) is 0 Å². The first-order valence-corrected chi connectivity index (χ1v) is 7.58. The second-order valence-corrected chi connectivity index (χ2v) is 7.44. The van der Waals surface area contributed by atoms with Crippen molar-refractivity contribution >= 4 is 8.15 Å². The average Bonchev–Trinajstić information content (AvgIpc) is 2.13. The zero-order chi connectivity index (χ0) is 11.8. The van der Waals surface area contributed by atoms with Gasteiger partial charge in [-0.1, -0.05) is 41.5 Å². The van der Waals surface area contributed by atoms with E-state index in [4.69, 9.17) is 4.52 Å². The maximum absolute atomic E-state index is 6.18. The molecular weight excluding hydrogens is 203 g/mol. The first-order chi connectivity index (χ1) is 7.02. The average molecular weight is 230 g/mol. The largest absolute Gasteiger partial charge is 0.478 e. The van der Waals surface area contributed by atoms with Crippen molar-refractivity contribution < 1.29 is 4.52 Å². The molecule has 0 aliphatic rings. The maximum atomic E-state index is 6.18. The Morgan fingerprint density at radius 3 is 2.00 bits per heavy atom. The van der Waals surface area contributed by atoms with Crippen LogP contribution >= 0.6 is 8.15 Å². The van der Waals surface area contributed by atoms with Crippen molar-refractivity contribution in [1.82, 2.24) is 0 Å². The Morgan fingerprint density at radius 2 is 1.67 bits per heavy atom. The van der Waals surface area contributed by atoms with E-state index in [-0.39, 0.29) is 8.15 Å². The van der Waals surface area contributed by atoms with E-state index < -0.39 is 0 Å². The number of hydrogen-bond donors (Lipinski definition) is 0. The van der Waals surface area contributed by atoms with Crippen LogP contribution in [0.4, 0.5) is 0 Å². The molecule has 90 valence electrons. The van der Waals surface area contributed by atoms with E-state index in [1.165, 1.54) is 12.2 Å². The van der Waals surface area contributed by atoms with Crippen LogP contribution in [-0.4, -0.2) is 11.3 Å². The summed E-state index contributed by atoms with van der Waals surface area (Å²) in [4.78, 5) is 0. The molecule has 0 saturated carbocycles. The molecule has 0 spiro atoms. The van der Waals surface area contributed by atoms with E-state index in [1.807, 2.05) is 0 Å². The molecule has 0 aliphatic heterocycles. The summed E-state index contributed by atoms with van der Waals surface area (Å²) < 4.78 is 6.18. The van der Waals surface area contributed by atoms with E-state index in [0.717, 1.165) is 12.8 Å². The van der Waals surface area contributed by atoms with Gasteiger partial charge in [-0.3, -0.25) is 0 Å². The quantitative estimate of drug-likeness (QED) is 0.425. The van der Waals surface area contributed by atoms with Gasteiger partial charge in [0.05, 0.1) is 13.9 Å². The summed E-state index contributed by atoms with van der Waals surface area (Å²) in [5.41, 5.74) is 1.30. The summed E-state index contributed by atoms with van der Waals surface area (Å²) in [5.74, 6) is 1.22. The van der Waals surface area contributed by atoms with Crippen LogP contribution < -0.4 is 0 Å². The number of rotatable bonds is 7. The highest BCUT2D eigenvalue weighted by Crippen LogP contribution is 2.49. The van der Waals surface area contributed by atoms with Gasteiger partial charge in [-0.2, -0.15) is 0 Å². The molecule has 0 atom stereocenters. The second-order valence-electron chi connectivity index (χ2n) is 4.47. The zero-order valence-electron chi connectivity index (χ0n) is 11.2. The fourth-order valence-corrected chi connectivity index (χ4v) is 3.65. The van der Waals surface area contributed by atoms with Crippen molar-refractivity contribution in [2.24, 2.45) is 0 Å². The summed E-state index contributed by atoms with van der Waals surface area (Å²) in [6.45, 7) is 13.4. The molecule has 0 aliphatic carbocycles. The molecule has 2 heteroatoms. The summed E-state index contributed by atoms with van der Waals surface area (Å²) >= 11 is 0. The van der Waals surface area contributed by atoms with E-state index >= 15 is 0 Å². The van der Waals surface area contributed by atoms with Gasteiger partial charge in [0, 0.05) is 17.7 Å². The van der Waals surface area contributed by atoms with Gasteiger partial charge >= 0.3 is 0 Å². The maximum Gasteiger partial charge on any atom is 0.0960 e. The van der Waals surface area contributed by atoms with Crippen LogP contribution in [0.2, 0.25) is 0 Å². The molecule has 0 fully saturated rings. The first kappa shape index (κ1) is 15.0. The van der Waals surface area contributed by atoms with Crippen molar-refractivity contribution in [3.8, 4) is 0 Å². The van der Waals surface area contributed by atoms with Crippen LogP contribution in [0.1, 0.15) is 60.8 Å². The Bertz CT molecular complexity index is 177. The Balaban J connectivity index is 4.40. The highest BCUT2D eigenvalue weighted by atomic mass is 31.1. The van der Waals surface area contributed by atoms with Crippen LogP contribution in [0.15, 0.2) is 11.8 Å². The molecule has 0 rings (SSSR count). The summed E-state index contributed by atoms with van der Waals surface area (Å²) in [6, 6.07) is 0. The fourth-order valence-electron chi connectivity index (χ4n) is 1.60. The molecule has 0 radical (unpaired) electrons. The van der Waals surface area contributed by atoms with E-state index in [0.29, 0.717) is 11.3 Å². The van der Waals surface area contributed by atoms with Gasteiger partial charge in [0.1, 0.15) is 0 Å². The van der Waals surface area contributed by atoms with Crippen molar-refractivity contribution in [2.45, 2.75) is 72.1 Å². The minimum atomic E-state index is -0.309. The summed E-state index contributed by atoms with van der Waals surface area (Å²) in [5, 5.41) is 0. The molecule has 0 unspecified atom stereocenters. The van der Waals surface area contributed by atoms with Crippen LogP contribution in [-0.2, 0) is 4.52 Å². The third-order valence-corrected chi connectivity index (χ3v) is 4.65. The van der Waals surface area contributed by atoms with E-state index in [1.54, 1.807) is 0 Å². The van der Waals surface area contributed by atoms with Crippen LogP contribution in [0.3, 0.4) is 0 Å². The van der Waals surface area contributed by atoms with Gasteiger partial charge in [0.15, 0.2) is 0 Å². The van der Waals surface area contributed by atoms with Gasteiger partial charge in [-0.25, -0.2) is 0 Å². The zero-order valence-corrected chi connectivity index (χ0v) is 12.1. The highest BCUT2D eigenvalue weighted by Gasteiger charge is 2.20. The second kappa shape index (κ2) is 8.16. The monoisotopic (exact) mass is 230 g/mol. The van der Waals surface area contributed by atoms with Crippen molar-refractivity contribution in [3.05, 3.63) is 11.8 Å². The van der Waals surface area contributed by atoms with Gasteiger partial charge in [0.2, 0.25) is 0 Å². The van der Waals surface area contributed by atoms with Crippen molar-refractivity contribution in [3.63, 3.8) is 0 Å². The van der Waals surface area contributed by atoms with Crippen LogP contribution in [0.5, 0.6) is 0 Å². The van der Waals surface area contributed by atoms with Gasteiger partial charge in [-0.05, 0) is 18.9 Å². The third kappa shape index (κ3) is 6.20. The normalized spacial score (nSPS) is 13.0. The van der Waals surface area contributed by atoms with Crippen molar-refractivity contribution in [2.75, 3.05) is 0 Å². The Kier molecular flexibility index (Phi) is 8.14. The molecule has 0 aromatic heterocycles. The lowest BCUT2D eigenvalue weighted by molar-refractivity contribution is 0.429. The predicted octanol–water partition coefficient (Wildman–Crippen LogP) is 5.31. The lowest BCUT2D eigenvalue weighted by atomic mass is 10.2. The predicted molar refractivity (Wildman–Crippen MR) is 71.6 cm³/mol. The van der Waals surface area contributed by atoms with Crippen LogP contribution in [0, 0.1) is 0 Å². The molecular formula is C13H27OP. The summed E-state index contributed by atoms with van der Waals surface area (Å²) in [7, 11) is -0.309. The molecule has 0 aromatic carbocycles.